The van der Waals surface area contributed by atoms with E-state index in [1.807, 2.05) is 54.7 Å². The van der Waals surface area contributed by atoms with E-state index in [1.165, 1.54) is 141 Å². The molecule has 0 spiro atoms. The summed E-state index contributed by atoms with van der Waals surface area (Å²) in [6, 6.07) is 0. The summed E-state index contributed by atoms with van der Waals surface area (Å²) in [6.45, 7) is 6.41. The molecule has 0 aromatic heterocycles. The van der Waals surface area contributed by atoms with Gasteiger partial charge in [-0.1, -0.05) is 221 Å². The van der Waals surface area contributed by atoms with E-state index in [9.17, 15) is 14.4 Å². The maximum atomic E-state index is 12.8. The lowest BCUT2D eigenvalue weighted by Crippen LogP contribution is -2.30. The van der Waals surface area contributed by atoms with Crippen molar-refractivity contribution in [3.63, 3.8) is 0 Å². The lowest BCUT2D eigenvalue weighted by molar-refractivity contribution is -0.167. The minimum Gasteiger partial charge on any atom is -0.462 e. The van der Waals surface area contributed by atoms with Gasteiger partial charge in [0.25, 0.3) is 0 Å². The van der Waals surface area contributed by atoms with E-state index >= 15 is 0 Å². The van der Waals surface area contributed by atoms with Crippen LogP contribution in [0.2, 0.25) is 0 Å². The van der Waals surface area contributed by atoms with Gasteiger partial charge < -0.3 is 14.2 Å². The molecule has 0 bridgehead atoms. The number of hydrogen-bond acceptors (Lipinski definition) is 6. The first kappa shape index (κ1) is 59.6. The summed E-state index contributed by atoms with van der Waals surface area (Å²) < 4.78 is 16.7. The summed E-state index contributed by atoms with van der Waals surface area (Å²) in [5.74, 6) is -0.989. The van der Waals surface area contributed by atoms with Crippen molar-refractivity contribution in [2.75, 3.05) is 13.2 Å². The maximum absolute atomic E-state index is 12.8. The van der Waals surface area contributed by atoms with Crippen LogP contribution in [0.5, 0.6) is 0 Å². The first-order chi connectivity index (χ1) is 31.0. The van der Waals surface area contributed by atoms with E-state index in [0.717, 1.165) is 51.4 Å². The molecule has 0 N–H and O–H groups in total. The van der Waals surface area contributed by atoms with Gasteiger partial charge in [0.2, 0.25) is 0 Å². The Hall–Kier alpha value is -3.41. The zero-order chi connectivity index (χ0) is 45.8. The van der Waals surface area contributed by atoms with Crippen molar-refractivity contribution in [1.29, 1.82) is 0 Å². The van der Waals surface area contributed by atoms with Gasteiger partial charge in [0.15, 0.2) is 6.10 Å². The Morgan fingerprint density at radius 2 is 0.651 bits per heavy atom. The van der Waals surface area contributed by atoms with Gasteiger partial charge in [-0.3, -0.25) is 14.4 Å². The highest BCUT2D eigenvalue weighted by atomic mass is 16.6. The van der Waals surface area contributed by atoms with Crippen LogP contribution in [0.3, 0.4) is 0 Å². The largest absolute Gasteiger partial charge is 0.462 e. The predicted molar refractivity (Wildman–Crippen MR) is 270 cm³/mol. The average molecular weight is 877 g/mol. The molecule has 6 nitrogen and oxygen atoms in total. The smallest absolute Gasteiger partial charge is 0.306 e. The van der Waals surface area contributed by atoms with Gasteiger partial charge in [-0.2, -0.15) is 0 Å². The second-order valence-corrected chi connectivity index (χ2v) is 17.2. The molecule has 0 amide bonds. The highest BCUT2D eigenvalue weighted by molar-refractivity contribution is 5.71. The van der Waals surface area contributed by atoms with Crippen molar-refractivity contribution in [3.05, 3.63) is 85.1 Å². The highest BCUT2D eigenvalue weighted by Gasteiger charge is 2.19. The number of carbonyl (C=O) groups is 3. The first-order valence-electron chi connectivity index (χ1n) is 26.2. The molecule has 0 aromatic carbocycles. The molecule has 1 unspecified atom stereocenters. The Morgan fingerprint density at radius 3 is 1.08 bits per heavy atom. The van der Waals surface area contributed by atoms with E-state index in [4.69, 9.17) is 14.2 Å². The molecule has 0 heterocycles. The van der Waals surface area contributed by atoms with Crippen molar-refractivity contribution >= 4 is 17.9 Å². The molecule has 6 heteroatoms. The van der Waals surface area contributed by atoms with Crippen LogP contribution in [-0.4, -0.2) is 37.2 Å². The molecule has 0 rings (SSSR count). The maximum Gasteiger partial charge on any atom is 0.306 e. The summed E-state index contributed by atoms with van der Waals surface area (Å²) in [6.07, 6.45) is 65.7. The van der Waals surface area contributed by atoms with Crippen LogP contribution in [0.15, 0.2) is 85.1 Å². The summed E-state index contributed by atoms with van der Waals surface area (Å²) in [5, 5.41) is 0. The van der Waals surface area contributed by atoms with Gasteiger partial charge in [-0.15, -0.1) is 0 Å². The lowest BCUT2D eigenvalue weighted by atomic mass is 10.1. The number of esters is 3. The first-order valence-corrected chi connectivity index (χ1v) is 26.2. The van der Waals surface area contributed by atoms with Crippen molar-refractivity contribution in [2.24, 2.45) is 0 Å². The van der Waals surface area contributed by atoms with E-state index in [0.29, 0.717) is 19.3 Å². The molecule has 360 valence electrons. The van der Waals surface area contributed by atoms with Crippen LogP contribution in [-0.2, 0) is 28.6 Å². The minimum atomic E-state index is -0.809. The molecule has 0 saturated heterocycles. The molecule has 0 aromatic rings. The average Bonchev–Trinajstić information content (AvgIpc) is 3.28. The van der Waals surface area contributed by atoms with Gasteiger partial charge >= 0.3 is 17.9 Å². The van der Waals surface area contributed by atoms with Gasteiger partial charge in [-0.05, 0) is 83.5 Å². The molecule has 0 radical (unpaired) electrons. The van der Waals surface area contributed by atoms with Crippen LogP contribution in [0.4, 0.5) is 0 Å². The van der Waals surface area contributed by atoms with Gasteiger partial charge in [0.1, 0.15) is 13.2 Å². The number of hydrogen-bond donors (Lipinski definition) is 0. The topological polar surface area (TPSA) is 78.9 Å². The quantitative estimate of drug-likeness (QED) is 0.0199. The predicted octanol–water partition coefficient (Wildman–Crippen LogP) is 17.2. The molecule has 63 heavy (non-hydrogen) atoms. The summed E-state index contributed by atoms with van der Waals surface area (Å²) in [5.41, 5.74) is 0. The third-order valence-corrected chi connectivity index (χ3v) is 11.0. The molecular formula is C57H96O6. The molecule has 0 saturated carbocycles. The van der Waals surface area contributed by atoms with E-state index < -0.39 is 6.10 Å². The lowest BCUT2D eigenvalue weighted by Gasteiger charge is -2.18. The summed E-state index contributed by atoms with van der Waals surface area (Å²) in [4.78, 5) is 38.0. The third-order valence-electron chi connectivity index (χ3n) is 11.0. The van der Waals surface area contributed by atoms with E-state index in [-0.39, 0.29) is 37.5 Å². The van der Waals surface area contributed by atoms with Gasteiger partial charge in [0.05, 0.1) is 0 Å². The van der Waals surface area contributed by atoms with Crippen molar-refractivity contribution in [2.45, 2.75) is 245 Å². The fraction of sp³-hybridized carbons (Fsp3) is 0.702. The monoisotopic (exact) mass is 877 g/mol. The zero-order valence-electron chi connectivity index (χ0n) is 41.1. The number of unbranched alkanes of at least 4 members (excludes halogenated alkanes) is 25. The Bertz CT molecular complexity index is 1240. The Kier molecular flexibility index (Phi) is 48.5. The van der Waals surface area contributed by atoms with E-state index in [2.05, 4.69) is 51.2 Å². The number of ether oxygens (including phenoxy) is 3. The molecule has 0 aliphatic carbocycles. The Morgan fingerprint density at radius 1 is 0.333 bits per heavy atom. The van der Waals surface area contributed by atoms with Crippen molar-refractivity contribution in [3.8, 4) is 0 Å². The van der Waals surface area contributed by atoms with Gasteiger partial charge in [-0.25, -0.2) is 0 Å². The fourth-order valence-corrected chi connectivity index (χ4v) is 7.05. The zero-order valence-corrected chi connectivity index (χ0v) is 41.1. The fourth-order valence-electron chi connectivity index (χ4n) is 7.05. The minimum absolute atomic E-state index is 0.103. The van der Waals surface area contributed by atoms with E-state index in [1.54, 1.807) is 0 Å². The standard InChI is InChI=1S/C57H96O6/c1-4-7-10-13-16-19-22-25-27-28-30-32-35-38-41-44-47-50-56(59)62-53-54(52-61-55(58)49-46-43-40-37-34-31-24-21-18-15-12-9-6-3)63-57(60)51-48-45-42-39-36-33-29-26-23-20-17-14-11-8-5-2/h9,12,15,18,20-21,23-25,27,31,34,37,40,54H,4-8,10-11,13-14,16-17,19,22,26,28-30,32-33,35-36,38-39,41-53H2,1-3H3/b12-9+,18-15+,23-20+,24-21+,27-25+,34-31+,40-37+. The third kappa shape index (κ3) is 49.5. The van der Waals surface area contributed by atoms with Gasteiger partial charge in [0, 0.05) is 19.3 Å². The summed E-state index contributed by atoms with van der Waals surface area (Å²) in [7, 11) is 0. The number of rotatable bonds is 46. The molecule has 0 aliphatic heterocycles. The number of allylic oxidation sites excluding steroid dienone is 14. The molecule has 0 fully saturated rings. The van der Waals surface area contributed by atoms with Crippen LogP contribution in [0.25, 0.3) is 0 Å². The number of carbonyl (C=O) groups excluding carboxylic acids is 3. The normalized spacial score (nSPS) is 12.7. The van der Waals surface area contributed by atoms with Crippen LogP contribution >= 0.6 is 0 Å². The molecule has 0 aliphatic rings. The second-order valence-electron chi connectivity index (χ2n) is 17.2. The second kappa shape index (κ2) is 51.2. The Balaban J connectivity index is 4.47. The van der Waals surface area contributed by atoms with Crippen LogP contribution in [0, 0.1) is 0 Å². The Labute approximate surface area is 388 Å². The summed E-state index contributed by atoms with van der Waals surface area (Å²) >= 11 is 0. The van der Waals surface area contributed by atoms with Crippen LogP contribution in [0.1, 0.15) is 239 Å². The van der Waals surface area contributed by atoms with Crippen molar-refractivity contribution in [1.82, 2.24) is 0 Å². The van der Waals surface area contributed by atoms with Crippen LogP contribution < -0.4 is 0 Å². The molecular weight excluding hydrogens is 781 g/mol. The molecule has 1 atom stereocenters. The van der Waals surface area contributed by atoms with Crippen molar-refractivity contribution < 1.29 is 28.6 Å². The highest BCUT2D eigenvalue weighted by Crippen LogP contribution is 2.14. The SMILES string of the molecule is CC/C=C/C=C/C=C/C=C/C=C/CCCC(=O)OCC(COC(=O)CCCCCCCCC/C=C/CCCCCCCC)OC(=O)CCCCCCCCC/C=C/CCCCCC.